The number of hydrogen-bond acceptors (Lipinski definition) is 2. The van der Waals surface area contributed by atoms with Crippen LogP contribution in [0.4, 0.5) is 4.39 Å². The van der Waals surface area contributed by atoms with E-state index in [1.165, 1.54) is 6.07 Å². The van der Waals surface area contributed by atoms with Gasteiger partial charge >= 0.3 is 5.97 Å². The summed E-state index contributed by atoms with van der Waals surface area (Å²) in [6.07, 6.45) is 0.614. The summed E-state index contributed by atoms with van der Waals surface area (Å²) in [4.78, 5) is 11.1. The molecule has 19 heavy (non-hydrogen) atoms. The first-order valence-electron chi connectivity index (χ1n) is 6.27. The van der Waals surface area contributed by atoms with Crippen LogP contribution in [0.3, 0.4) is 0 Å². The Bertz CT molecular complexity index is 437. The van der Waals surface area contributed by atoms with Crippen LogP contribution in [0.2, 0.25) is 0 Å². The first-order valence-corrected chi connectivity index (χ1v) is 7.07. The summed E-state index contributed by atoms with van der Waals surface area (Å²) in [6.45, 7) is 4.65. The largest absolute Gasteiger partial charge is 0.481 e. The van der Waals surface area contributed by atoms with Crippen LogP contribution in [0.25, 0.3) is 0 Å². The van der Waals surface area contributed by atoms with Crippen molar-refractivity contribution in [2.75, 3.05) is 6.54 Å². The number of aliphatic carboxylic acids is 1. The molecule has 106 valence electrons. The van der Waals surface area contributed by atoms with Crippen LogP contribution in [-0.4, -0.2) is 17.6 Å². The maximum absolute atomic E-state index is 13.5. The Morgan fingerprint density at radius 3 is 2.74 bits per heavy atom. The first kappa shape index (κ1) is 16.1. The van der Waals surface area contributed by atoms with Gasteiger partial charge in [0, 0.05) is 23.1 Å². The van der Waals surface area contributed by atoms with Crippen LogP contribution >= 0.6 is 15.9 Å². The summed E-state index contributed by atoms with van der Waals surface area (Å²) in [6, 6.07) is 4.72. The fraction of sp³-hybridized carbons (Fsp3) is 0.500. The van der Waals surface area contributed by atoms with Crippen LogP contribution < -0.4 is 5.32 Å². The van der Waals surface area contributed by atoms with E-state index in [0.29, 0.717) is 31.0 Å². The molecule has 0 bridgehead atoms. The van der Waals surface area contributed by atoms with Crippen LogP contribution in [0.5, 0.6) is 0 Å². The van der Waals surface area contributed by atoms with Crippen LogP contribution in [0.1, 0.15) is 25.8 Å². The number of rotatable bonds is 7. The van der Waals surface area contributed by atoms with Crippen LogP contribution in [0, 0.1) is 17.7 Å². The normalized spacial score (nSPS) is 12.7. The van der Waals surface area contributed by atoms with E-state index < -0.39 is 11.9 Å². The highest BCUT2D eigenvalue weighted by Gasteiger charge is 2.18. The zero-order chi connectivity index (χ0) is 14.4. The smallest absolute Gasteiger partial charge is 0.307 e. The van der Waals surface area contributed by atoms with Gasteiger partial charge in [-0.25, -0.2) is 4.39 Å². The fourth-order valence-electron chi connectivity index (χ4n) is 1.90. The summed E-state index contributed by atoms with van der Waals surface area (Å²) in [5, 5.41) is 12.1. The third-order valence-corrected chi connectivity index (χ3v) is 3.31. The first-order chi connectivity index (χ1) is 8.90. The Morgan fingerprint density at radius 1 is 1.47 bits per heavy atom. The van der Waals surface area contributed by atoms with Gasteiger partial charge < -0.3 is 10.4 Å². The Morgan fingerprint density at radius 2 is 2.16 bits per heavy atom. The minimum absolute atomic E-state index is 0.286. The van der Waals surface area contributed by atoms with Gasteiger partial charge in [0.1, 0.15) is 5.82 Å². The maximum atomic E-state index is 13.5. The van der Waals surface area contributed by atoms with Crippen molar-refractivity contribution in [1.29, 1.82) is 0 Å². The average Bonchev–Trinajstić information content (AvgIpc) is 2.31. The Labute approximate surface area is 121 Å². The van der Waals surface area contributed by atoms with E-state index in [1.807, 2.05) is 13.8 Å². The molecule has 0 aliphatic rings. The number of carboxylic acid groups (broad SMARTS) is 1. The monoisotopic (exact) mass is 331 g/mol. The second-order valence-corrected chi connectivity index (χ2v) is 5.95. The summed E-state index contributed by atoms with van der Waals surface area (Å²) in [7, 11) is 0. The Hall–Kier alpha value is -0.940. The molecule has 2 N–H and O–H groups in total. The van der Waals surface area contributed by atoms with Crippen molar-refractivity contribution < 1.29 is 14.3 Å². The third kappa shape index (κ3) is 5.70. The molecule has 0 radical (unpaired) electrons. The summed E-state index contributed by atoms with van der Waals surface area (Å²) < 4.78 is 14.3. The highest BCUT2D eigenvalue weighted by atomic mass is 79.9. The van der Waals surface area contributed by atoms with E-state index in [0.717, 1.165) is 4.47 Å². The summed E-state index contributed by atoms with van der Waals surface area (Å²) >= 11 is 3.28. The van der Waals surface area contributed by atoms with Crippen molar-refractivity contribution in [1.82, 2.24) is 5.32 Å². The molecule has 1 aromatic rings. The molecule has 5 heteroatoms. The SMILES string of the molecule is CC(C)CC(CNCc1cc(Br)ccc1F)C(=O)O. The minimum Gasteiger partial charge on any atom is -0.481 e. The molecule has 0 fully saturated rings. The molecule has 0 aliphatic heterocycles. The van der Waals surface area contributed by atoms with E-state index in [2.05, 4.69) is 21.2 Å². The quantitative estimate of drug-likeness (QED) is 0.804. The lowest BCUT2D eigenvalue weighted by molar-refractivity contribution is -0.142. The van der Waals surface area contributed by atoms with Crippen molar-refractivity contribution in [2.45, 2.75) is 26.8 Å². The van der Waals surface area contributed by atoms with Crippen LogP contribution in [0.15, 0.2) is 22.7 Å². The number of benzene rings is 1. The minimum atomic E-state index is -0.809. The molecule has 1 aromatic carbocycles. The molecule has 1 atom stereocenters. The number of nitrogens with one attached hydrogen (secondary N) is 1. The van der Waals surface area contributed by atoms with Gasteiger partial charge in [0.25, 0.3) is 0 Å². The highest BCUT2D eigenvalue weighted by molar-refractivity contribution is 9.10. The third-order valence-electron chi connectivity index (χ3n) is 2.82. The van der Waals surface area contributed by atoms with Crippen molar-refractivity contribution in [3.63, 3.8) is 0 Å². The van der Waals surface area contributed by atoms with Crippen molar-refractivity contribution in [2.24, 2.45) is 11.8 Å². The molecular weight excluding hydrogens is 313 g/mol. The number of carboxylic acids is 1. The van der Waals surface area contributed by atoms with Gasteiger partial charge in [-0.1, -0.05) is 29.8 Å². The Balaban J connectivity index is 2.52. The standard InChI is InChI=1S/C14H19BrFNO2/c1-9(2)5-11(14(18)19)8-17-7-10-6-12(15)3-4-13(10)16/h3-4,6,9,11,17H,5,7-8H2,1-2H3,(H,18,19). The van der Waals surface area contributed by atoms with Gasteiger partial charge in [-0.3, -0.25) is 4.79 Å². The lowest BCUT2D eigenvalue weighted by Crippen LogP contribution is -2.29. The molecule has 0 saturated heterocycles. The molecule has 1 unspecified atom stereocenters. The van der Waals surface area contributed by atoms with Gasteiger partial charge in [-0.15, -0.1) is 0 Å². The number of hydrogen-bond donors (Lipinski definition) is 2. The predicted molar refractivity (Wildman–Crippen MR) is 76.4 cm³/mol. The maximum Gasteiger partial charge on any atom is 0.307 e. The highest BCUT2D eigenvalue weighted by Crippen LogP contribution is 2.16. The molecule has 0 saturated carbocycles. The van der Waals surface area contributed by atoms with Gasteiger partial charge in [-0.2, -0.15) is 0 Å². The predicted octanol–water partition coefficient (Wildman–Crippen LogP) is 3.42. The van der Waals surface area contributed by atoms with Crippen molar-refractivity contribution >= 4 is 21.9 Å². The molecule has 0 spiro atoms. The zero-order valence-corrected chi connectivity index (χ0v) is 12.7. The lowest BCUT2D eigenvalue weighted by atomic mass is 9.97. The molecule has 1 rings (SSSR count). The second kappa shape index (κ2) is 7.60. The van der Waals surface area contributed by atoms with Crippen molar-refractivity contribution in [3.8, 4) is 0 Å². The molecule has 0 aliphatic carbocycles. The van der Waals surface area contributed by atoms with E-state index in [4.69, 9.17) is 5.11 Å². The zero-order valence-electron chi connectivity index (χ0n) is 11.1. The number of carbonyl (C=O) groups is 1. The second-order valence-electron chi connectivity index (χ2n) is 5.03. The average molecular weight is 332 g/mol. The summed E-state index contributed by atoms with van der Waals surface area (Å²) in [5.41, 5.74) is 0.531. The fourth-order valence-corrected chi connectivity index (χ4v) is 2.31. The van der Waals surface area contributed by atoms with Gasteiger partial charge in [0.05, 0.1) is 5.92 Å². The van der Waals surface area contributed by atoms with Crippen molar-refractivity contribution in [3.05, 3.63) is 34.1 Å². The summed E-state index contributed by atoms with van der Waals surface area (Å²) in [5.74, 6) is -1.21. The van der Waals surface area contributed by atoms with Gasteiger partial charge in [0.2, 0.25) is 0 Å². The van der Waals surface area contributed by atoms with Crippen LogP contribution in [-0.2, 0) is 11.3 Å². The number of halogens is 2. The molecule has 0 amide bonds. The van der Waals surface area contributed by atoms with E-state index >= 15 is 0 Å². The Kier molecular flexibility index (Phi) is 6.45. The van der Waals surface area contributed by atoms with Gasteiger partial charge in [-0.05, 0) is 30.5 Å². The van der Waals surface area contributed by atoms with Gasteiger partial charge in [0.15, 0.2) is 0 Å². The van der Waals surface area contributed by atoms with E-state index in [-0.39, 0.29) is 5.82 Å². The molecule has 0 heterocycles. The molecule has 3 nitrogen and oxygen atoms in total. The van der Waals surface area contributed by atoms with E-state index in [1.54, 1.807) is 12.1 Å². The lowest BCUT2D eigenvalue weighted by Gasteiger charge is -2.15. The molecular formula is C14H19BrFNO2. The topological polar surface area (TPSA) is 49.3 Å². The van der Waals surface area contributed by atoms with E-state index in [9.17, 15) is 9.18 Å². The molecule has 0 aromatic heterocycles.